The lowest BCUT2D eigenvalue weighted by atomic mass is 9.75. The molecule has 1 aliphatic rings. The molecular formula is C15H22FN. The van der Waals surface area contributed by atoms with Gasteiger partial charge in [0.15, 0.2) is 0 Å². The van der Waals surface area contributed by atoms with E-state index in [1.54, 1.807) is 6.07 Å². The van der Waals surface area contributed by atoms with Crippen LogP contribution in [0.5, 0.6) is 0 Å². The van der Waals surface area contributed by atoms with E-state index in [0.29, 0.717) is 18.0 Å². The van der Waals surface area contributed by atoms with Gasteiger partial charge < -0.3 is 5.32 Å². The maximum atomic E-state index is 13.1. The van der Waals surface area contributed by atoms with Crippen molar-refractivity contribution in [3.8, 4) is 0 Å². The van der Waals surface area contributed by atoms with Gasteiger partial charge >= 0.3 is 0 Å². The Kier molecular flexibility index (Phi) is 4.16. The Hall–Kier alpha value is -0.890. The molecule has 1 aromatic carbocycles. The summed E-state index contributed by atoms with van der Waals surface area (Å²) in [4.78, 5) is 0. The molecule has 1 aliphatic carbocycles. The van der Waals surface area contributed by atoms with E-state index in [1.807, 2.05) is 12.1 Å². The van der Waals surface area contributed by atoms with Crippen LogP contribution in [0.15, 0.2) is 24.3 Å². The summed E-state index contributed by atoms with van der Waals surface area (Å²) in [6, 6.07) is 8.28. The third kappa shape index (κ3) is 3.29. The molecule has 1 N–H and O–H groups in total. The van der Waals surface area contributed by atoms with E-state index in [0.717, 1.165) is 18.4 Å². The number of nitrogens with one attached hydrogen (secondary N) is 1. The van der Waals surface area contributed by atoms with E-state index in [2.05, 4.69) is 19.2 Å². The zero-order valence-electron chi connectivity index (χ0n) is 10.7. The number of halogens is 1. The fourth-order valence-corrected chi connectivity index (χ4v) is 2.71. The quantitative estimate of drug-likeness (QED) is 0.817. The van der Waals surface area contributed by atoms with Crippen LogP contribution < -0.4 is 5.32 Å². The van der Waals surface area contributed by atoms with Crippen LogP contribution in [0, 0.1) is 5.82 Å². The monoisotopic (exact) mass is 235 g/mol. The molecule has 0 saturated heterocycles. The molecule has 1 nitrogen and oxygen atoms in total. The number of benzene rings is 1. The first-order valence-corrected chi connectivity index (χ1v) is 6.70. The Bertz CT molecular complexity index is 358. The van der Waals surface area contributed by atoms with Crippen LogP contribution in [-0.2, 0) is 0 Å². The van der Waals surface area contributed by atoms with Gasteiger partial charge in [-0.15, -0.1) is 0 Å². The van der Waals surface area contributed by atoms with Gasteiger partial charge in [0, 0.05) is 12.1 Å². The van der Waals surface area contributed by atoms with Gasteiger partial charge in [0.05, 0.1) is 0 Å². The lowest BCUT2D eigenvalue weighted by molar-refractivity contribution is 0.264. The minimum Gasteiger partial charge on any atom is -0.311 e. The highest BCUT2D eigenvalue weighted by molar-refractivity contribution is 5.23. The molecule has 0 radical (unpaired) electrons. The molecule has 2 heteroatoms. The first-order chi connectivity index (χ1) is 8.19. The Morgan fingerprint density at radius 3 is 2.82 bits per heavy atom. The number of hydrogen-bond acceptors (Lipinski definition) is 1. The molecule has 0 spiro atoms. The molecule has 2 rings (SSSR count). The van der Waals surface area contributed by atoms with Crippen molar-refractivity contribution in [2.75, 3.05) is 0 Å². The second-order valence-corrected chi connectivity index (χ2v) is 5.28. The Morgan fingerprint density at radius 2 is 2.18 bits per heavy atom. The molecule has 1 saturated carbocycles. The van der Waals surface area contributed by atoms with E-state index >= 15 is 0 Å². The molecule has 0 amide bonds. The zero-order chi connectivity index (χ0) is 12.3. The first-order valence-electron chi connectivity index (χ1n) is 6.70. The summed E-state index contributed by atoms with van der Waals surface area (Å²) in [7, 11) is 0. The Labute approximate surface area is 103 Å². The number of rotatable bonds is 5. The highest BCUT2D eigenvalue weighted by atomic mass is 19.1. The van der Waals surface area contributed by atoms with Crippen molar-refractivity contribution in [3.05, 3.63) is 35.6 Å². The molecule has 1 aromatic rings. The Morgan fingerprint density at radius 1 is 1.41 bits per heavy atom. The van der Waals surface area contributed by atoms with Gasteiger partial charge in [-0.25, -0.2) is 4.39 Å². The van der Waals surface area contributed by atoms with Crippen LogP contribution >= 0.6 is 0 Å². The minimum atomic E-state index is -0.113. The third-order valence-electron chi connectivity index (χ3n) is 3.70. The molecule has 0 heterocycles. The first kappa shape index (κ1) is 12.6. The fourth-order valence-electron chi connectivity index (χ4n) is 2.71. The zero-order valence-corrected chi connectivity index (χ0v) is 10.7. The van der Waals surface area contributed by atoms with Gasteiger partial charge in [-0.05, 0) is 49.8 Å². The molecule has 1 unspecified atom stereocenters. The van der Waals surface area contributed by atoms with E-state index in [1.165, 1.54) is 18.9 Å². The lowest BCUT2D eigenvalue weighted by Gasteiger charge is -2.38. The van der Waals surface area contributed by atoms with Gasteiger partial charge in [-0.2, -0.15) is 0 Å². The van der Waals surface area contributed by atoms with Gasteiger partial charge in [0.2, 0.25) is 0 Å². The largest absolute Gasteiger partial charge is 0.311 e. The maximum absolute atomic E-state index is 13.1. The maximum Gasteiger partial charge on any atom is 0.123 e. The van der Waals surface area contributed by atoms with Crippen LogP contribution in [0.25, 0.3) is 0 Å². The van der Waals surface area contributed by atoms with Crippen LogP contribution in [-0.4, -0.2) is 12.1 Å². The predicted octanol–water partition coefficient (Wildman–Crippen LogP) is 3.85. The molecule has 0 bridgehead atoms. The lowest BCUT2D eigenvalue weighted by Crippen LogP contribution is -2.44. The second-order valence-electron chi connectivity index (χ2n) is 5.28. The molecule has 0 aromatic heterocycles. The smallest absolute Gasteiger partial charge is 0.123 e. The van der Waals surface area contributed by atoms with Crippen LogP contribution in [0.3, 0.4) is 0 Å². The third-order valence-corrected chi connectivity index (χ3v) is 3.70. The highest BCUT2D eigenvalue weighted by Gasteiger charge is 2.30. The minimum absolute atomic E-state index is 0.113. The van der Waals surface area contributed by atoms with Crippen molar-refractivity contribution in [3.63, 3.8) is 0 Å². The van der Waals surface area contributed by atoms with Gasteiger partial charge in [-0.3, -0.25) is 0 Å². The fraction of sp³-hybridized carbons (Fsp3) is 0.600. The van der Waals surface area contributed by atoms with Crippen molar-refractivity contribution >= 4 is 0 Å². The van der Waals surface area contributed by atoms with Crippen molar-refractivity contribution in [1.29, 1.82) is 0 Å². The van der Waals surface area contributed by atoms with E-state index in [-0.39, 0.29) is 5.82 Å². The van der Waals surface area contributed by atoms with Crippen molar-refractivity contribution in [2.45, 2.75) is 57.5 Å². The van der Waals surface area contributed by atoms with Crippen molar-refractivity contribution < 1.29 is 4.39 Å². The predicted molar refractivity (Wildman–Crippen MR) is 69.7 cm³/mol. The Balaban J connectivity index is 1.79. The normalized spacial score (nSPS) is 25.4. The van der Waals surface area contributed by atoms with Gasteiger partial charge in [0.1, 0.15) is 5.82 Å². The molecule has 94 valence electrons. The summed E-state index contributed by atoms with van der Waals surface area (Å²) < 4.78 is 13.1. The van der Waals surface area contributed by atoms with E-state index < -0.39 is 0 Å². The average molecular weight is 235 g/mol. The van der Waals surface area contributed by atoms with Crippen molar-refractivity contribution in [2.24, 2.45) is 0 Å². The molecule has 0 aliphatic heterocycles. The summed E-state index contributed by atoms with van der Waals surface area (Å²) in [5, 5.41) is 3.64. The van der Waals surface area contributed by atoms with Crippen LogP contribution in [0.1, 0.15) is 51.0 Å². The van der Waals surface area contributed by atoms with E-state index in [4.69, 9.17) is 0 Å². The molecule has 1 fully saturated rings. The average Bonchev–Trinajstić information content (AvgIpc) is 2.23. The standard InChI is InChI=1S/C15H22FN/c1-3-5-11(2)17-15-9-13(10-15)12-6-4-7-14(16)8-12/h4,6-8,11,13,15,17H,3,5,9-10H2,1-2H3. The molecule has 1 atom stereocenters. The number of hydrogen-bond donors (Lipinski definition) is 1. The summed E-state index contributed by atoms with van der Waals surface area (Å²) in [5.74, 6) is 0.440. The summed E-state index contributed by atoms with van der Waals surface area (Å²) in [5.41, 5.74) is 1.16. The highest BCUT2D eigenvalue weighted by Crippen LogP contribution is 2.37. The van der Waals surface area contributed by atoms with Gasteiger partial charge in [-0.1, -0.05) is 25.5 Å². The van der Waals surface area contributed by atoms with E-state index in [9.17, 15) is 4.39 Å². The summed E-state index contributed by atoms with van der Waals surface area (Å²) in [6.07, 6.45) is 4.77. The van der Waals surface area contributed by atoms with Crippen LogP contribution in [0.4, 0.5) is 4.39 Å². The topological polar surface area (TPSA) is 12.0 Å². The van der Waals surface area contributed by atoms with Crippen molar-refractivity contribution in [1.82, 2.24) is 5.32 Å². The molecular weight excluding hydrogens is 213 g/mol. The summed E-state index contributed by atoms with van der Waals surface area (Å²) >= 11 is 0. The summed E-state index contributed by atoms with van der Waals surface area (Å²) in [6.45, 7) is 4.47. The van der Waals surface area contributed by atoms with Crippen LogP contribution in [0.2, 0.25) is 0 Å². The second kappa shape index (κ2) is 5.63. The SMILES string of the molecule is CCCC(C)NC1CC(c2cccc(F)c2)C1. The molecule has 17 heavy (non-hydrogen) atoms. The van der Waals surface area contributed by atoms with Gasteiger partial charge in [0.25, 0.3) is 0 Å².